The molecule has 3 rings (SSSR count). The highest BCUT2D eigenvalue weighted by Crippen LogP contribution is 2.19. The van der Waals surface area contributed by atoms with Gasteiger partial charge in [-0.15, -0.1) is 0 Å². The number of carbonyl (C=O) groups is 7. The van der Waals surface area contributed by atoms with Crippen molar-refractivity contribution < 1.29 is 58.9 Å². The third-order valence-electron chi connectivity index (χ3n) is 10.4. The van der Waals surface area contributed by atoms with Gasteiger partial charge in [0.1, 0.15) is 6.04 Å². The van der Waals surface area contributed by atoms with Gasteiger partial charge in [0.05, 0.1) is 37.8 Å². The second-order valence-corrected chi connectivity index (χ2v) is 15.3. The van der Waals surface area contributed by atoms with Crippen molar-refractivity contribution in [3.8, 4) is 0 Å². The Labute approximate surface area is 350 Å². The lowest BCUT2D eigenvalue weighted by atomic mass is 9.78. The molecule has 0 unspecified atom stereocenters. The van der Waals surface area contributed by atoms with E-state index in [1.807, 2.05) is 4.90 Å². The lowest BCUT2D eigenvalue weighted by Crippen LogP contribution is -2.52. The fourth-order valence-electron chi connectivity index (χ4n) is 7.09. The number of anilines is 1. The largest absolute Gasteiger partial charge is 0.480 e. The van der Waals surface area contributed by atoms with Crippen LogP contribution in [0.1, 0.15) is 68.6 Å². The van der Waals surface area contributed by atoms with Crippen molar-refractivity contribution in [3.63, 3.8) is 0 Å². The number of nitrogens with one attached hydrogen (secondary N) is 4. The SMILES string of the molecule is C[C@@H](NC(=O)c1ccc(NNC(=O)CCCCCCCNC(=O)CN2CCN(CC(=O)O)CCN(CC(=O)O)CCN(CC(=O)O)CC2)cc1)C(=O)N1CCC[C@H]1B(O)O. The molecule has 21 nitrogen and oxygen atoms in total. The number of hydrazine groups is 1. The van der Waals surface area contributed by atoms with E-state index in [-0.39, 0.29) is 43.9 Å². The van der Waals surface area contributed by atoms with E-state index in [9.17, 15) is 58.9 Å². The predicted octanol–water partition coefficient (Wildman–Crippen LogP) is -1.82. The van der Waals surface area contributed by atoms with Crippen LogP contribution in [0.15, 0.2) is 24.3 Å². The Morgan fingerprint density at radius 2 is 1.15 bits per heavy atom. The topological polar surface area (TPSA) is 285 Å². The van der Waals surface area contributed by atoms with Gasteiger partial charge in [0.2, 0.25) is 17.7 Å². The van der Waals surface area contributed by atoms with E-state index in [4.69, 9.17) is 0 Å². The fraction of sp³-hybridized carbons (Fsp3) is 0.658. The van der Waals surface area contributed by atoms with Crippen LogP contribution in [0, 0.1) is 0 Å². The molecule has 0 spiro atoms. The molecule has 60 heavy (non-hydrogen) atoms. The zero-order valence-electron chi connectivity index (χ0n) is 34.4. The number of nitrogens with zero attached hydrogens (tertiary/aromatic N) is 5. The second-order valence-electron chi connectivity index (χ2n) is 15.3. The van der Waals surface area contributed by atoms with Crippen LogP contribution in [0.2, 0.25) is 0 Å². The van der Waals surface area contributed by atoms with Gasteiger partial charge in [-0.1, -0.05) is 19.3 Å². The van der Waals surface area contributed by atoms with Gasteiger partial charge in [0, 0.05) is 77.4 Å². The van der Waals surface area contributed by atoms with Crippen LogP contribution in [0.4, 0.5) is 5.69 Å². The highest BCUT2D eigenvalue weighted by Gasteiger charge is 2.38. The molecule has 9 N–H and O–H groups in total. The van der Waals surface area contributed by atoms with Crippen molar-refractivity contribution in [1.82, 2.24) is 40.6 Å². The summed E-state index contributed by atoms with van der Waals surface area (Å²) in [5.41, 5.74) is 6.32. The van der Waals surface area contributed by atoms with Crippen molar-refractivity contribution in [1.29, 1.82) is 0 Å². The standard InChI is InChI=1S/C38H62BN9O12/c1-28(38(58)48-15-7-8-31(48)39(59)60)41-37(57)29-10-12-30(13-11-29)42-43-32(49)9-5-3-2-4-6-14-40-33(50)24-44-16-18-45(25-34(51)52)20-22-47(27-36(55)56)23-21-46(19-17-44)26-35(53)54/h10-13,28,31,42,59-60H,2-9,14-27H2,1H3,(H,40,50)(H,41,57)(H,43,49)(H,51,52)(H,53,54)(H,55,56)/t28-,31+/m1/s1. The maximum Gasteiger partial charge on any atom is 0.475 e. The molecule has 22 heteroatoms. The number of aliphatic carboxylic acids is 3. The van der Waals surface area contributed by atoms with Gasteiger partial charge in [-0.05, 0) is 56.9 Å². The lowest BCUT2D eigenvalue weighted by molar-refractivity contribution is -0.140. The molecular formula is C38H62BN9O12. The molecule has 2 aliphatic rings. The summed E-state index contributed by atoms with van der Waals surface area (Å²) < 4.78 is 0. The maximum atomic E-state index is 12.9. The average Bonchev–Trinajstić information content (AvgIpc) is 3.69. The van der Waals surface area contributed by atoms with Crippen LogP contribution in [0.25, 0.3) is 0 Å². The van der Waals surface area contributed by atoms with Crippen LogP contribution in [-0.4, -0.2) is 202 Å². The smallest absolute Gasteiger partial charge is 0.475 e. The first-order valence-corrected chi connectivity index (χ1v) is 20.5. The number of benzene rings is 1. The lowest BCUT2D eigenvalue weighted by Gasteiger charge is -2.32. The van der Waals surface area contributed by atoms with Gasteiger partial charge in [-0.25, -0.2) is 0 Å². The zero-order chi connectivity index (χ0) is 44.0. The summed E-state index contributed by atoms with van der Waals surface area (Å²) in [6.45, 7) is 4.28. The van der Waals surface area contributed by atoms with E-state index in [0.717, 1.165) is 25.7 Å². The number of hydrogen-bond acceptors (Lipinski definition) is 14. The minimum Gasteiger partial charge on any atom is -0.480 e. The molecule has 0 saturated carbocycles. The van der Waals surface area contributed by atoms with Gasteiger partial charge in [0.15, 0.2) is 0 Å². The molecular weight excluding hydrogens is 785 g/mol. The number of likely N-dealkylation sites (tertiary alicyclic amines) is 1. The van der Waals surface area contributed by atoms with Crippen molar-refractivity contribution in [2.45, 2.75) is 70.3 Å². The summed E-state index contributed by atoms with van der Waals surface area (Å²) in [4.78, 5) is 93.5. The molecule has 2 atom stereocenters. The number of carboxylic acids is 3. The van der Waals surface area contributed by atoms with Gasteiger partial charge >= 0.3 is 25.0 Å². The molecule has 2 heterocycles. The zero-order valence-corrected chi connectivity index (χ0v) is 34.4. The Hall–Kier alpha value is -4.87. The molecule has 4 amide bonds. The van der Waals surface area contributed by atoms with Crippen molar-refractivity contribution in [2.24, 2.45) is 0 Å². The van der Waals surface area contributed by atoms with E-state index >= 15 is 0 Å². The summed E-state index contributed by atoms with van der Waals surface area (Å²) in [5, 5.41) is 52.8. The molecule has 0 aromatic heterocycles. The maximum absolute atomic E-state index is 12.9. The average molecular weight is 848 g/mol. The minimum absolute atomic E-state index is 0.0517. The van der Waals surface area contributed by atoms with Crippen LogP contribution in [0.5, 0.6) is 0 Å². The number of rotatable bonds is 22. The number of carboxylic acid groups (broad SMARTS) is 3. The molecule has 334 valence electrons. The second kappa shape index (κ2) is 26.4. The first-order chi connectivity index (χ1) is 28.6. The fourth-order valence-corrected chi connectivity index (χ4v) is 7.09. The molecule has 2 fully saturated rings. The summed E-state index contributed by atoms with van der Waals surface area (Å²) >= 11 is 0. The summed E-state index contributed by atoms with van der Waals surface area (Å²) in [6, 6.07) is 5.47. The van der Waals surface area contributed by atoms with Crippen LogP contribution < -0.4 is 21.5 Å². The molecule has 0 radical (unpaired) electrons. The summed E-state index contributed by atoms with van der Waals surface area (Å²) in [7, 11) is -1.64. The Kier molecular flexibility index (Phi) is 21.8. The molecule has 0 aliphatic carbocycles. The molecule has 2 aliphatic heterocycles. The Bertz CT molecular complexity index is 1540. The Balaban J connectivity index is 1.31. The van der Waals surface area contributed by atoms with Gasteiger partial charge in [-0.2, -0.15) is 0 Å². The molecule has 1 aromatic carbocycles. The quantitative estimate of drug-likeness (QED) is 0.0353. The highest BCUT2D eigenvalue weighted by molar-refractivity contribution is 6.43. The van der Waals surface area contributed by atoms with Crippen molar-refractivity contribution in [2.75, 3.05) is 97.1 Å². The van der Waals surface area contributed by atoms with E-state index in [1.165, 1.54) is 4.90 Å². The van der Waals surface area contributed by atoms with Gasteiger partial charge < -0.3 is 40.9 Å². The van der Waals surface area contributed by atoms with E-state index in [1.54, 1.807) is 45.9 Å². The van der Waals surface area contributed by atoms with Gasteiger partial charge in [-0.3, -0.25) is 64.0 Å². The Morgan fingerprint density at radius 3 is 1.65 bits per heavy atom. The summed E-state index contributed by atoms with van der Waals surface area (Å²) in [5.74, 6) is -5.02. The molecule has 2 saturated heterocycles. The third-order valence-corrected chi connectivity index (χ3v) is 10.4. The van der Waals surface area contributed by atoms with Crippen LogP contribution >= 0.6 is 0 Å². The van der Waals surface area contributed by atoms with Gasteiger partial charge in [0.25, 0.3) is 5.91 Å². The monoisotopic (exact) mass is 847 g/mol. The first kappa shape index (κ1) is 49.5. The van der Waals surface area contributed by atoms with E-state index in [2.05, 4.69) is 21.5 Å². The summed E-state index contributed by atoms with van der Waals surface area (Å²) in [6.07, 6.45) is 5.34. The number of amides is 4. The first-order valence-electron chi connectivity index (χ1n) is 20.5. The van der Waals surface area contributed by atoms with E-state index < -0.39 is 42.9 Å². The highest BCUT2D eigenvalue weighted by atomic mass is 16.4. The third kappa shape index (κ3) is 19.0. The van der Waals surface area contributed by atoms with E-state index in [0.29, 0.717) is 102 Å². The number of unbranched alkanes of at least 4 members (excludes halogenated alkanes) is 4. The molecule has 1 aromatic rings. The minimum atomic E-state index is -1.64. The van der Waals surface area contributed by atoms with Crippen LogP contribution in [-0.2, 0) is 28.8 Å². The van der Waals surface area contributed by atoms with Crippen LogP contribution in [0.3, 0.4) is 0 Å². The normalized spacial score (nSPS) is 18.1. The Morgan fingerprint density at radius 1 is 0.667 bits per heavy atom. The van der Waals surface area contributed by atoms with Crippen molar-refractivity contribution in [3.05, 3.63) is 29.8 Å². The van der Waals surface area contributed by atoms with Crippen molar-refractivity contribution >= 4 is 54.3 Å². The number of hydrogen-bond donors (Lipinski definition) is 9. The predicted molar refractivity (Wildman–Crippen MR) is 219 cm³/mol. The molecule has 0 bridgehead atoms. The number of carbonyl (C=O) groups excluding carboxylic acids is 4.